The lowest BCUT2D eigenvalue weighted by atomic mass is 9.43. The number of benzene rings is 8. The van der Waals surface area contributed by atoms with Gasteiger partial charge in [0.2, 0.25) is 0 Å². The van der Waals surface area contributed by atoms with Crippen LogP contribution in [0.1, 0.15) is 103 Å². The van der Waals surface area contributed by atoms with E-state index in [9.17, 15) is 0 Å². The van der Waals surface area contributed by atoms with Crippen LogP contribution in [0.5, 0.6) is 0 Å². The van der Waals surface area contributed by atoms with E-state index in [-0.39, 0.29) is 28.5 Å². The number of nitrogens with zero attached hydrogens (tertiary/aromatic N) is 2. The van der Waals surface area contributed by atoms with Crippen molar-refractivity contribution in [3.63, 3.8) is 0 Å². The van der Waals surface area contributed by atoms with E-state index in [4.69, 9.17) is 8.83 Å². The van der Waals surface area contributed by atoms with Crippen LogP contribution >= 0.6 is 0 Å². The van der Waals surface area contributed by atoms with E-state index < -0.39 is 0 Å². The summed E-state index contributed by atoms with van der Waals surface area (Å²) in [6, 6.07) is 53.0. The minimum Gasteiger partial charge on any atom is -0.464 e. The third-order valence-corrected chi connectivity index (χ3v) is 17.6. The fourth-order valence-corrected chi connectivity index (χ4v) is 13.9. The Morgan fingerprint density at radius 1 is 0.557 bits per heavy atom. The molecule has 2 aliphatic carbocycles. The molecule has 0 spiro atoms. The van der Waals surface area contributed by atoms with Crippen molar-refractivity contribution in [3.05, 3.63) is 174 Å². The van der Waals surface area contributed by atoms with Gasteiger partial charge in [0.05, 0.1) is 17.3 Å². The van der Waals surface area contributed by atoms with Crippen molar-refractivity contribution >= 4 is 83.9 Å². The zero-order valence-corrected chi connectivity index (χ0v) is 41.6. The van der Waals surface area contributed by atoms with E-state index in [2.05, 4.69) is 211 Å². The van der Waals surface area contributed by atoms with E-state index in [1.54, 1.807) is 0 Å². The number of hydrogen-bond donors (Lipinski definition) is 0. The molecule has 0 unspecified atom stereocenters. The van der Waals surface area contributed by atoms with Gasteiger partial charge in [0.15, 0.2) is 0 Å². The SMILES string of the molecule is CC(C)(C)c1ccc(N2B3c4cc5occ(-c6ccccc6)c5cc4-n4c5cc6c(cc5c5c7c(c(c3c54)-c3cc4c(cc32)oc2ccccc24)-c2ccccc2C7(C)C)C(C)(C)CCC6(C)C)cc1. The summed E-state index contributed by atoms with van der Waals surface area (Å²) in [6.45, 7) is 21.6. The molecule has 11 aromatic rings. The molecule has 8 aromatic carbocycles. The number of para-hydroxylation sites is 1. The molecule has 0 saturated heterocycles. The molecule has 70 heavy (non-hydrogen) atoms. The van der Waals surface area contributed by atoms with Gasteiger partial charge in [-0.1, -0.05) is 147 Å². The molecular weight excluding hydrogens is 852 g/mol. The molecule has 0 N–H and O–H groups in total. The summed E-state index contributed by atoms with van der Waals surface area (Å²) in [7, 11) is 0. The van der Waals surface area contributed by atoms with E-state index in [1.165, 1.54) is 88.5 Å². The van der Waals surface area contributed by atoms with Crippen molar-refractivity contribution < 1.29 is 8.83 Å². The van der Waals surface area contributed by atoms with E-state index in [0.717, 1.165) is 68.3 Å². The first-order valence-electron chi connectivity index (χ1n) is 25.4. The van der Waals surface area contributed by atoms with Crippen LogP contribution in [0.4, 0.5) is 11.4 Å². The Bertz CT molecular complexity index is 4130. The molecule has 4 nitrogen and oxygen atoms in total. The van der Waals surface area contributed by atoms with Crippen molar-refractivity contribution in [2.75, 3.05) is 4.81 Å². The summed E-state index contributed by atoms with van der Waals surface area (Å²) in [4.78, 5) is 2.65. The van der Waals surface area contributed by atoms with Crippen molar-refractivity contribution in [2.24, 2.45) is 0 Å². The number of aromatic nitrogens is 1. The predicted molar refractivity (Wildman–Crippen MR) is 294 cm³/mol. The molecular formula is C65H55BN2O2. The summed E-state index contributed by atoms with van der Waals surface area (Å²) in [5.41, 5.74) is 25.8. The number of furan rings is 2. The van der Waals surface area contributed by atoms with Crippen LogP contribution in [0.2, 0.25) is 0 Å². The Kier molecular flexibility index (Phi) is 7.62. The first-order chi connectivity index (χ1) is 33.6. The van der Waals surface area contributed by atoms with Gasteiger partial charge in [-0.15, -0.1) is 0 Å². The second-order valence-corrected chi connectivity index (χ2v) is 23.9. The van der Waals surface area contributed by atoms with Gasteiger partial charge in [-0.25, -0.2) is 0 Å². The lowest BCUT2D eigenvalue weighted by molar-refractivity contribution is 0.332. The maximum atomic E-state index is 6.84. The molecule has 0 amide bonds. The minimum absolute atomic E-state index is 0.000309. The van der Waals surface area contributed by atoms with Crippen LogP contribution in [0, 0.1) is 0 Å². The number of rotatable bonds is 2. The van der Waals surface area contributed by atoms with Gasteiger partial charge < -0.3 is 18.2 Å². The first-order valence-corrected chi connectivity index (χ1v) is 25.4. The molecule has 0 bridgehead atoms. The van der Waals surface area contributed by atoms with Crippen LogP contribution in [-0.4, -0.2) is 11.4 Å². The molecule has 5 heteroatoms. The van der Waals surface area contributed by atoms with E-state index in [0.29, 0.717) is 0 Å². The molecule has 2 aliphatic heterocycles. The van der Waals surface area contributed by atoms with E-state index in [1.807, 2.05) is 6.26 Å². The highest BCUT2D eigenvalue weighted by molar-refractivity contribution is 6.94. The van der Waals surface area contributed by atoms with Crippen molar-refractivity contribution in [2.45, 2.75) is 96.8 Å². The zero-order valence-electron chi connectivity index (χ0n) is 41.6. The summed E-state index contributed by atoms with van der Waals surface area (Å²) in [5.74, 6) is 0. The third kappa shape index (κ3) is 5.08. The van der Waals surface area contributed by atoms with Crippen molar-refractivity contribution in [3.8, 4) is 39.1 Å². The summed E-state index contributed by atoms with van der Waals surface area (Å²) in [5, 5.41) is 6.14. The normalized spacial score (nSPS) is 16.8. The van der Waals surface area contributed by atoms with E-state index >= 15 is 0 Å². The standard InChI is InChI=1S/C65H55BN2O2/c1-62(2,3)37-23-25-38(26-24-37)68-51-34-55-41(39-19-14-16-22-53(39)70-55)29-43(51)57-56-40-20-13-15-21-46(40)65(8,9)59(56)58-44-30-47-48(64(6,7)28-27-63(47,4)5)32-50(44)67-52-31-42-45(36-17-11-10-12-18-36)35-69-54(42)33-49(52)66(68)60(57)61(58)67/h10-26,29-35H,27-28H2,1-9H3. The lowest BCUT2D eigenvalue weighted by Crippen LogP contribution is -2.60. The monoisotopic (exact) mass is 906 g/mol. The fraction of sp³-hybridized carbons (Fsp3) is 0.231. The highest BCUT2D eigenvalue weighted by Crippen LogP contribution is 2.60. The molecule has 0 fully saturated rings. The average molecular weight is 907 g/mol. The Morgan fingerprint density at radius 2 is 1.27 bits per heavy atom. The quantitative estimate of drug-likeness (QED) is 0.162. The van der Waals surface area contributed by atoms with Crippen LogP contribution < -0.4 is 15.7 Å². The molecule has 0 saturated carbocycles. The number of anilines is 2. The maximum Gasteiger partial charge on any atom is 0.333 e. The molecule has 5 heterocycles. The first kappa shape index (κ1) is 40.6. The number of hydrogen-bond acceptors (Lipinski definition) is 3. The van der Waals surface area contributed by atoms with Gasteiger partial charge in [0, 0.05) is 66.6 Å². The average Bonchev–Trinajstić information content (AvgIpc) is 4.09. The van der Waals surface area contributed by atoms with Crippen LogP contribution in [0.15, 0.2) is 155 Å². The number of fused-ring (bicyclic) bond motifs is 18. The molecule has 4 aliphatic rings. The molecule has 0 atom stereocenters. The topological polar surface area (TPSA) is 34.5 Å². The van der Waals surface area contributed by atoms with Crippen LogP contribution in [-0.2, 0) is 21.7 Å². The summed E-state index contributed by atoms with van der Waals surface area (Å²) in [6.07, 6.45) is 4.28. The van der Waals surface area contributed by atoms with Crippen molar-refractivity contribution in [1.82, 2.24) is 4.57 Å². The Balaban J connectivity index is 1.19. The van der Waals surface area contributed by atoms with Gasteiger partial charge in [-0.05, 0) is 139 Å². The van der Waals surface area contributed by atoms with Gasteiger partial charge in [0.25, 0.3) is 0 Å². The Morgan fingerprint density at radius 3 is 2.04 bits per heavy atom. The summed E-state index contributed by atoms with van der Waals surface area (Å²) >= 11 is 0. The van der Waals surface area contributed by atoms with Crippen molar-refractivity contribution in [1.29, 1.82) is 0 Å². The third-order valence-electron chi connectivity index (χ3n) is 17.6. The second-order valence-electron chi connectivity index (χ2n) is 23.9. The van der Waals surface area contributed by atoms with Gasteiger partial charge in [-0.3, -0.25) is 0 Å². The van der Waals surface area contributed by atoms with Crippen LogP contribution in [0.3, 0.4) is 0 Å². The van der Waals surface area contributed by atoms with Gasteiger partial charge in [-0.2, -0.15) is 0 Å². The Hall–Kier alpha value is -7.24. The predicted octanol–water partition coefficient (Wildman–Crippen LogP) is 16.3. The Labute approximate surface area is 409 Å². The second kappa shape index (κ2) is 13.1. The minimum atomic E-state index is -0.290. The summed E-state index contributed by atoms with van der Waals surface area (Å²) < 4.78 is 16.3. The fourth-order valence-electron chi connectivity index (χ4n) is 13.9. The molecule has 340 valence electrons. The lowest BCUT2D eigenvalue weighted by Gasteiger charge is -2.43. The van der Waals surface area contributed by atoms with Crippen LogP contribution in [0.25, 0.3) is 93.8 Å². The largest absolute Gasteiger partial charge is 0.464 e. The molecule has 0 radical (unpaired) electrons. The maximum absolute atomic E-state index is 6.84. The highest BCUT2D eigenvalue weighted by atomic mass is 16.3. The van der Waals surface area contributed by atoms with Gasteiger partial charge >= 0.3 is 6.85 Å². The highest BCUT2D eigenvalue weighted by Gasteiger charge is 2.51. The zero-order chi connectivity index (χ0) is 47.5. The smallest absolute Gasteiger partial charge is 0.333 e. The van der Waals surface area contributed by atoms with Gasteiger partial charge in [0.1, 0.15) is 16.7 Å². The molecule has 3 aromatic heterocycles. The molecule has 15 rings (SSSR count).